The summed E-state index contributed by atoms with van der Waals surface area (Å²) in [7, 11) is 0. The van der Waals surface area contributed by atoms with Crippen LogP contribution in [0, 0.1) is 0 Å². The van der Waals surface area contributed by atoms with Crippen molar-refractivity contribution in [2.75, 3.05) is 0 Å². The highest BCUT2D eigenvalue weighted by atomic mass is 16.2. The number of aromatic amines is 1. The van der Waals surface area contributed by atoms with Crippen molar-refractivity contribution >= 4 is 0 Å². The van der Waals surface area contributed by atoms with Crippen molar-refractivity contribution in [3.8, 4) is 0 Å². The van der Waals surface area contributed by atoms with E-state index in [2.05, 4.69) is 4.98 Å². The third-order valence-corrected chi connectivity index (χ3v) is 3.53. The summed E-state index contributed by atoms with van der Waals surface area (Å²) in [6.07, 6.45) is 0.548. The van der Waals surface area contributed by atoms with Crippen LogP contribution in [-0.2, 0) is 13.0 Å². The van der Waals surface area contributed by atoms with Crippen molar-refractivity contribution in [3.05, 3.63) is 104 Å². The van der Waals surface area contributed by atoms with Crippen LogP contribution in [0.3, 0.4) is 0 Å². The third kappa shape index (κ3) is 3.23. The average Bonchev–Trinajstić information content (AvgIpc) is 2.53. The van der Waals surface area contributed by atoms with Gasteiger partial charge in [-0.1, -0.05) is 60.7 Å². The Balaban J connectivity index is 2.01. The largest absolute Gasteiger partial charge is 0.328 e. The maximum Gasteiger partial charge on any atom is 0.328 e. The number of benzene rings is 2. The molecule has 0 saturated carbocycles. The second-order valence-electron chi connectivity index (χ2n) is 5.16. The molecule has 0 aliphatic carbocycles. The van der Waals surface area contributed by atoms with Crippen LogP contribution in [0.4, 0.5) is 0 Å². The molecule has 0 aliphatic rings. The second kappa shape index (κ2) is 6.26. The summed E-state index contributed by atoms with van der Waals surface area (Å²) in [5.74, 6) is 0. The molecule has 0 fully saturated rings. The molecule has 2 aromatic carbocycles. The molecule has 0 spiro atoms. The van der Waals surface area contributed by atoms with Gasteiger partial charge in [-0.15, -0.1) is 0 Å². The summed E-state index contributed by atoms with van der Waals surface area (Å²) in [4.78, 5) is 26.1. The normalized spacial score (nSPS) is 10.5. The molecule has 3 aromatic rings. The number of aromatic nitrogens is 2. The zero-order valence-electron chi connectivity index (χ0n) is 12.0. The summed E-state index contributed by atoms with van der Waals surface area (Å²) in [6.45, 7) is 0.443. The standard InChI is InChI=1S/C18H16N2O2/c21-17-12-16(11-14-7-3-1-4-8-14)20(18(22)19-17)13-15-9-5-2-6-10-15/h1-10,12H,11,13H2,(H,19,21,22). The first-order chi connectivity index (χ1) is 10.7. The molecule has 0 atom stereocenters. The molecule has 1 N–H and O–H groups in total. The number of nitrogens with one attached hydrogen (secondary N) is 1. The van der Waals surface area contributed by atoms with Gasteiger partial charge in [-0.3, -0.25) is 14.3 Å². The summed E-state index contributed by atoms with van der Waals surface area (Å²) < 4.78 is 1.61. The van der Waals surface area contributed by atoms with Crippen LogP contribution in [0.1, 0.15) is 16.8 Å². The van der Waals surface area contributed by atoms with Gasteiger partial charge < -0.3 is 0 Å². The van der Waals surface area contributed by atoms with Crippen LogP contribution in [0.15, 0.2) is 76.3 Å². The van der Waals surface area contributed by atoms with Crippen LogP contribution >= 0.6 is 0 Å². The van der Waals surface area contributed by atoms with Crippen LogP contribution in [-0.4, -0.2) is 9.55 Å². The van der Waals surface area contributed by atoms with E-state index in [0.717, 1.165) is 11.1 Å². The van der Waals surface area contributed by atoms with Crippen molar-refractivity contribution < 1.29 is 0 Å². The zero-order valence-corrected chi connectivity index (χ0v) is 12.0. The van der Waals surface area contributed by atoms with Crippen molar-refractivity contribution in [2.45, 2.75) is 13.0 Å². The number of hydrogen-bond acceptors (Lipinski definition) is 2. The molecule has 22 heavy (non-hydrogen) atoms. The fourth-order valence-electron chi connectivity index (χ4n) is 2.46. The third-order valence-electron chi connectivity index (χ3n) is 3.53. The summed E-state index contributed by atoms with van der Waals surface area (Å²) >= 11 is 0. The lowest BCUT2D eigenvalue weighted by Gasteiger charge is -2.12. The molecule has 3 rings (SSSR count). The van der Waals surface area contributed by atoms with E-state index in [0.29, 0.717) is 18.7 Å². The van der Waals surface area contributed by atoms with E-state index >= 15 is 0 Å². The molecule has 0 radical (unpaired) electrons. The van der Waals surface area contributed by atoms with Crippen molar-refractivity contribution in [3.63, 3.8) is 0 Å². The average molecular weight is 292 g/mol. The first-order valence-corrected chi connectivity index (χ1v) is 7.13. The minimum Gasteiger partial charge on any atom is -0.293 e. The van der Waals surface area contributed by atoms with E-state index in [1.54, 1.807) is 4.57 Å². The van der Waals surface area contributed by atoms with Crippen LogP contribution in [0.5, 0.6) is 0 Å². The number of H-pyrrole nitrogens is 1. The fourth-order valence-corrected chi connectivity index (χ4v) is 2.46. The maximum absolute atomic E-state index is 12.2. The highest BCUT2D eigenvalue weighted by molar-refractivity contribution is 5.22. The highest BCUT2D eigenvalue weighted by Gasteiger charge is 2.07. The lowest BCUT2D eigenvalue weighted by molar-refractivity contribution is 0.679. The van der Waals surface area contributed by atoms with E-state index < -0.39 is 0 Å². The summed E-state index contributed by atoms with van der Waals surface area (Å²) in [6, 6.07) is 21.0. The predicted octanol–water partition coefficient (Wildman–Crippen LogP) is 2.18. The zero-order chi connectivity index (χ0) is 15.4. The SMILES string of the molecule is O=c1cc(Cc2ccccc2)n(Cc2ccccc2)c(=O)[nH]1. The Hall–Kier alpha value is -2.88. The first-order valence-electron chi connectivity index (χ1n) is 7.13. The van der Waals surface area contributed by atoms with Gasteiger partial charge in [0.15, 0.2) is 0 Å². The molecule has 110 valence electrons. The molecule has 0 amide bonds. The molecular weight excluding hydrogens is 276 g/mol. The van der Waals surface area contributed by atoms with Gasteiger partial charge in [0.05, 0.1) is 6.54 Å². The molecule has 0 unspecified atom stereocenters. The predicted molar refractivity (Wildman–Crippen MR) is 86.1 cm³/mol. The van der Waals surface area contributed by atoms with Gasteiger partial charge in [0.25, 0.3) is 5.56 Å². The molecule has 4 heteroatoms. The van der Waals surface area contributed by atoms with Gasteiger partial charge in [0.1, 0.15) is 0 Å². The Labute approximate surface area is 127 Å². The minimum atomic E-state index is -0.373. The Morgan fingerprint density at radius 1 is 0.818 bits per heavy atom. The summed E-state index contributed by atoms with van der Waals surface area (Å²) in [5.41, 5.74) is 2.06. The number of rotatable bonds is 4. The molecule has 0 bridgehead atoms. The fraction of sp³-hybridized carbons (Fsp3) is 0.111. The lowest BCUT2D eigenvalue weighted by Crippen LogP contribution is -2.32. The molecule has 1 heterocycles. The van der Waals surface area contributed by atoms with E-state index in [1.165, 1.54) is 6.07 Å². The molecular formula is C18H16N2O2. The van der Waals surface area contributed by atoms with E-state index in [4.69, 9.17) is 0 Å². The monoisotopic (exact) mass is 292 g/mol. The molecule has 0 aliphatic heterocycles. The molecule has 0 saturated heterocycles. The van der Waals surface area contributed by atoms with Crippen LogP contribution < -0.4 is 11.2 Å². The topological polar surface area (TPSA) is 54.9 Å². The van der Waals surface area contributed by atoms with Gasteiger partial charge in [-0.25, -0.2) is 4.79 Å². The summed E-state index contributed by atoms with van der Waals surface area (Å²) in [5, 5.41) is 0. The van der Waals surface area contributed by atoms with Crippen molar-refractivity contribution in [1.82, 2.24) is 9.55 Å². The van der Waals surface area contributed by atoms with E-state index in [9.17, 15) is 9.59 Å². The van der Waals surface area contributed by atoms with Gasteiger partial charge in [0, 0.05) is 18.2 Å². The van der Waals surface area contributed by atoms with E-state index in [1.807, 2.05) is 60.7 Å². The molecule has 1 aromatic heterocycles. The lowest BCUT2D eigenvalue weighted by atomic mass is 10.1. The van der Waals surface area contributed by atoms with Crippen LogP contribution in [0.25, 0.3) is 0 Å². The van der Waals surface area contributed by atoms with Crippen LogP contribution in [0.2, 0.25) is 0 Å². The van der Waals surface area contributed by atoms with Crippen molar-refractivity contribution in [1.29, 1.82) is 0 Å². The maximum atomic E-state index is 12.2. The Morgan fingerprint density at radius 2 is 1.41 bits per heavy atom. The van der Waals surface area contributed by atoms with Gasteiger partial charge in [-0.2, -0.15) is 0 Å². The molecule has 4 nitrogen and oxygen atoms in total. The Morgan fingerprint density at radius 3 is 2.05 bits per heavy atom. The van der Waals surface area contributed by atoms with Gasteiger partial charge in [0.2, 0.25) is 0 Å². The van der Waals surface area contributed by atoms with Crippen molar-refractivity contribution in [2.24, 2.45) is 0 Å². The smallest absolute Gasteiger partial charge is 0.293 e. The first kappa shape index (κ1) is 14.1. The van der Waals surface area contributed by atoms with Gasteiger partial charge in [-0.05, 0) is 11.1 Å². The minimum absolute atomic E-state index is 0.361. The number of nitrogens with zero attached hydrogens (tertiary/aromatic N) is 1. The quantitative estimate of drug-likeness (QED) is 0.801. The Bertz CT molecular complexity index is 865. The highest BCUT2D eigenvalue weighted by Crippen LogP contribution is 2.08. The van der Waals surface area contributed by atoms with E-state index in [-0.39, 0.29) is 11.2 Å². The second-order valence-corrected chi connectivity index (χ2v) is 5.16. The van der Waals surface area contributed by atoms with Gasteiger partial charge >= 0.3 is 5.69 Å². The Kier molecular flexibility index (Phi) is 4.01. The number of hydrogen-bond donors (Lipinski definition) is 1.